The summed E-state index contributed by atoms with van der Waals surface area (Å²) in [7, 11) is 3.38. The van der Waals surface area contributed by atoms with Gasteiger partial charge in [-0.05, 0) is 60.2 Å². The zero-order chi connectivity index (χ0) is 21.4. The van der Waals surface area contributed by atoms with E-state index in [1.54, 1.807) is 25.8 Å². The predicted octanol–water partition coefficient (Wildman–Crippen LogP) is 3.41. The van der Waals surface area contributed by atoms with Gasteiger partial charge in [0, 0.05) is 25.1 Å². The Labute approximate surface area is 174 Å². The number of benzene rings is 2. The molecule has 0 aliphatic heterocycles. The second-order valence-corrected chi connectivity index (χ2v) is 7.28. The molecule has 154 valence electrons. The van der Waals surface area contributed by atoms with Gasteiger partial charge >= 0.3 is 5.97 Å². The number of ether oxygens (including phenoxy) is 2. The number of methoxy groups -OCH3 is 1. The van der Waals surface area contributed by atoms with E-state index in [0.29, 0.717) is 29.7 Å². The molecule has 0 spiro atoms. The fraction of sp³-hybridized carbons (Fsp3) is 0.304. The molecular weight excluding hydrogens is 382 g/mol. The summed E-state index contributed by atoms with van der Waals surface area (Å²) in [6.45, 7) is 3.98. The van der Waals surface area contributed by atoms with Crippen LogP contribution in [0.3, 0.4) is 0 Å². The molecule has 1 heterocycles. The van der Waals surface area contributed by atoms with Crippen LogP contribution in [0.15, 0.2) is 30.3 Å². The molecule has 0 N–H and O–H groups in total. The Morgan fingerprint density at radius 3 is 2.80 bits per heavy atom. The standard InChI is InChI=1S/C23H23N3O4/c1-5-30-21(28)12-17(15-7-6-13(2)22-16(15)8-9-19(22)27)14-10-18-23(20(11-14)29-4)26(3)25-24-18/h6-7,10-12H,5,8-9H2,1-4H3/b17-12-. The number of aryl methyl sites for hydroxylation is 2. The molecule has 0 radical (unpaired) electrons. The highest BCUT2D eigenvalue weighted by Crippen LogP contribution is 2.37. The van der Waals surface area contributed by atoms with Gasteiger partial charge in [0.15, 0.2) is 5.78 Å². The molecule has 0 unspecified atom stereocenters. The van der Waals surface area contributed by atoms with Crippen LogP contribution in [0, 0.1) is 6.92 Å². The molecule has 0 amide bonds. The van der Waals surface area contributed by atoms with E-state index in [0.717, 1.165) is 33.3 Å². The number of esters is 1. The van der Waals surface area contributed by atoms with Crippen molar-refractivity contribution in [1.29, 1.82) is 0 Å². The van der Waals surface area contributed by atoms with Crippen LogP contribution in [-0.2, 0) is 23.0 Å². The number of hydrogen-bond acceptors (Lipinski definition) is 6. The average molecular weight is 405 g/mol. The molecule has 1 aliphatic rings. The topological polar surface area (TPSA) is 83.3 Å². The first-order chi connectivity index (χ1) is 14.4. The highest BCUT2D eigenvalue weighted by atomic mass is 16.5. The highest BCUT2D eigenvalue weighted by Gasteiger charge is 2.26. The van der Waals surface area contributed by atoms with Crippen LogP contribution in [0.4, 0.5) is 0 Å². The second kappa shape index (κ2) is 7.74. The van der Waals surface area contributed by atoms with Crippen molar-refractivity contribution in [2.24, 2.45) is 7.05 Å². The van der Waals surface area contributed by atoms with Gasteiger partial charge in [0.25, 0.3) is 0 Å². The van der Waals surface area contributed by atoms with E-state index in [1.165, 1.54) is 6.08 Å². The number of hydrogen-bond donors (Lipinski definition) is 0. The third-order valence-electron chi connectivity index (χ3n) is 5.44. The zero-order valence-electron chi connectivity index (χ0n) is 17.5. The molecule has 1 aromatic heterocycles. The Bertz CT molecular complexity index is 1210. The minimum absolute atomic E-state index is 0.141. The lowest BCUT2D eigenvalue weighted by Gasteiger charge is -2.15. The van der Waals surface area contributed by atoms with E-state index in [2.05, 4.69) is 10.3 Å². The summed E-state index contributed by atoms with van der Waals surface area (Å²) in [5.74, 6) is 0.302. The molecular formula is C23H23N3O4. The molecule has 0 atom stereocenters. The van der Waals surface area contributed by atoms with Crippen molar-refractivity contribution in [3.8, 4) is 5.75 Å². The van der Waals surface area contributed by atoms with Gasteiger partial charge in [0.05, 0.1) is 13.7 Å². The summed E-state index contributed by atoms with van der Waals surface area (Å²) in [4.78, 5) is 24.9. The first kappa shape index (κ1) is 19.8. The maximum Gasteiger partial charge on any atom is 0.331 e. The monoisotopic (exact) mass is 405 g/mol. The van der Waals surface area contributed by atoms with Gasteiger partial charge in [0.1, 0.15) is 16.8 Å². The molecule has 7 heteroatoms. The van der Waals surface area contributed by atoms with Crippen molar-refractivity contribution < 1.29 is 19.1 Å². The summed E-state index contributed by atoms with van der Waals surface area (Å²) >= 11 is 0. The maximum absolute atomic E-state index is 12.4. The number of ketones is 1. The zero-order valence-corrected chi connectivity index (χ0v) is 17.5. The van der Waals surface area contributed by atoms with E-state index >= 15 is 0 Å². The SMILES string of the molecule is CCOC(=O)/C=C(/c1cc(OC)c2c(c1)nnn2C)c1ccc(C)c2c1CCC2=O. The van der Waals surface area contributed by atoms with E-state index in [9.17, 15) is 9.59 Å². The van der Waals surface area contributed by atoms with Gasteiger partial charge in [-0.3, -0.25) is 4.79 Å². The maximum atomic E-state index is 12.4. The lowest BCUT2D eigenvalue weighted by Crippen LogP contribution is -2.05. The van der Waals surface area contributed by atoms with Crippen LogP contribution in [0.2, 0.25) is 0 Å². The molecule has 1 aliphatic carbocycles. The van der Waals surface area contributed by atoms with Crippen LogP contribution in [0.5, 0.6) is 5.75 Å². The van der Waals surface area contributed by atoms with Crippen molar-refractivity contribution in [3.05, 3.63) is 58.2 Å². The predicted molar refractivity (Wildman–Crippen MR) is 113 cm³/mol. The van der Waals surface area contributed by atoms with Crippen LogP contribution in [-0.4, -0.2) is 40.5 Å². The van der Waals surface area contributed by atoms with Gasteiger partial charge < -0.3 is 9.47 Å². The largest absolute Gasteiger partial charge is 0.494 e. The van der Waals surface area contributed by atoms with Crippen molar-refractivity contribution in [2.75, 3.05) is 13.7 Å². The molecule has 7 nitrogen and oxygen atoms in total. The van der Waals surface area contributed by atoms with E-state index in [4.69, 9.17) is 9.47 Å². The smallest absolute Gasteiger partial charge is 0.331 e. The summed E-state index contributed by atoms with van der Waals surface area (Å²) in [5.41, 5.74) is 6.36. The second-order valence-electron chi connectivity index (χ2n) is 7.28. The fourth-order valence-corrected chi connectivity index (χ4v) is 4.11. The van der Waals surface area contributed by atoms with Gasteiger partial charge in [-0.2, -0.15) is 0 Å². The Kier molecular flexibility index (Phi) is 5.11. The Hall–Kier alpha value is -3.48. The van der Waals surface area contributed by atoms with Gasteiger partial charge in [0.2, 0.25) is 0 Å². The van der Waals surface area contributed by atoms with E-state index in [1.807, 2.05) is 31.2 Å². The van der Waals surface area contributed by atoms with Gasteiger partial charge in [-0.25, -0.2) is 9.48 Å². The van der Waals surface area contributed by atoms with Crippen LogP contribution in [0.25, 0.3) is 16.6 Å². The molecule has 0 bridgehead atoms. The lowest BCUT2D eigenvalue weighted by atomic mass is 9.89. The Morgan fingerprint density at radius 1 is 1.27 bits per heavy atom. The molecule has 0 saturated carbocycles. The number of aromatic nitrogens is 3. The van der Waals surface area contributed by atoms with Gasteiger partial charge in [-0.15, -0.1) is 5.10 Å². The number of rotatable bonds is 5. The lowest BCUT2D eigenvalue weighted by molar-refractivity contribution is -0.137. The number of nitrogens with zero attached hydrogens (tertiary/aromatic N) is 3. The number of Topliss-reactive ketones (excluding diaryl/α,β-unsaturated/α-hetero) is 1. The normalized spacial score (nSPS) is 13.6. The summed E-state index contributed by atoms with van der Waals surface area (Å²) < 4.78 is 12.4. The van der Waals surface area contributed by atoms with Crippen molar-refractivity contribution >= 4 is 28.4 Å². The third kappa shape index (κ3) is 3.26. The summed E-state index contributed by atoms with van der Waals surface area (Å²) in [6.07, 6.45) is 2.61. The molecule has 30 heavy (non-hydrogen) atoms. The molecule has 0 saturated heterocycles. The molecule has 3 aromatic rings. The minimum atomic E-state index is -0.440. The Morgan fingerprint density at radius 2 is 2.07 bits per heavy atom. The average Bonchev–Trinajstić information content (AvgIpc) is 3.30. The quantitative estimate of drug-likeness (QED) is 0.478. The third-order valence-corrected chi connectivity index (χ3v) is 5.44. The van der Waals surface area contributed by atoms with Crippen LogP contribution < -0.4 is 4.74 Å². The molecule has 4 rings (SSSR count). The van der Waals surface area contributed by atoms with Crippen molar-refractivity contribution in [3.63, 3.8) is 0 Å². The summed E-state index contributed by atoms with van der Waals surface area (Å²) in [5, 5.41) is 8.29. The number of carbonyl (C=O) groups is 2. The summed E-state index contributed by atoms with van der Waals surface area (Å²) in [6, 6.07) is 7.62. The van der Waals surface area contributed by atoms with Crippen molar-refractivity contribution in [2.45, 2.75) is 26.7 Å². The van der Waals surface area contributed by atoms with Crippen molar-refractivity contribution in [1.82, 2.24) is 15.0 Å². The molecule has 0 fully saturated rings. The Balaban J connectivity index is 1.97. The van der Waals surface area contributed by atoms with E-state index < -0.39 is 5.97 Å². The highest BCUT2D eigenvalue weighted by molar-refractivity contribution is 6.05. The first-order valence-electron chi connectivity index (χ1n) is 9.86. The van der Waals surface area contributed by atoms with Gasteiger partial charge in [-0.1, -0.05) is 17.3 Å². The number of carbonyl (C=O) groups excluding carboxylic acids is 2. The van der Waals surface area contributed by atoms with E-state index in [-0.39, 0.29) is 12.4 Å². The van der Waals surface area contributed by atoms with Crippen LogP contribution in [0.1, 0.15) is 46.0 Å². The molecule has 2 aromatic carbocycles. The first-order valence-corrected chi connectivity index (χ1v) is 9.86. The fourth-order valence-electron chi connectivity index (χ4n) is 4.11. The number of fused-ring (bicyclic) bond motifs is 2. The minimum Gasteiger partial charge on any atom is -0.494 e. The van der Waals surface area contributed by atoms with Crippen LogP contribution >= 0.6 is 0 Å².